The Morgan fingerprint density at radius 2 is 0.831 bits per heavy atom. The summed E-state index contributed by atoms with van der Waals surface area (Å²) < 4.78 is 0. The Balaban J connectivity index is 1.16. The van der Waals surface area contributed by atoms with Crippen LogP contribution in [0.25, 0.3) is 61.3 Å². The van der Waals surface area contributed by atoms with E-state index in [0.29, 0.717) is 5.71 Å². The normalized spacial score (nSPS) is 11.9. The molecule has 3 heteroatoms. The third-order valence-corrected chi connectivity index (χ3v) is 11.7. The molecule has 59 heavy (non-hydrogen) atoms. The third-order valence-electron chi connectivity index (χ3n) is 10.9. The van der Waals surface area contributed by atoms with Crippen molar-refractivity contribution in [2.75, 3.05) is 6.26 Å². The molecule has 0 heterocycles. The van der Waals surface area contributed by atoms with Crippen LogP contribution < -0.4 is 0 Å². The Hall–Kier alpha value is -6.81. The van der Waals surface area contributed by atoms with Gasteiger partial charge in [-0.2, -0.15) is 0 Å². The minimum absolute atomic E-state index is 0.487. The average Bonchev–Trinajstić information content (AvgIpc) is 3.32. The molecule has 286 valence electrons. The predicted octanol–water partition coefficient (Wildman–Crippen LogP) is 15.2. The topological polar surface area (TPSA) is 36.2 Å². The molecule has 0 aliphatic rings. The molecule has 0 atom stereocenters. The highest BCUT2D eigenvalue weighted by atomic mass is 32.2. The van der Waals surface area contributed by atoms with E-state index in [0.717, 1.165) is 67.2 Å². The minimum atomic E-state index is 0.487. The summed E-state index contributed by atoms with van der Waals surface area (Å²) in [6, 6.07) is 72.8. The number of allylic oxidation sites excluding steroid dienone is 1. The van der Waals surface area contributed by atoms with E-state index in [1.807, 2.05) is 12.1 Å². The van der Waals surface area contributed by atoms with Crippen LogP contribution in [0.5, 0.6) is 0 Å². The van der Waals surface area contributed by atoms with Gasteiger partial charge in [0, 0.05) is 16.8 Å². The fourth-order valence-electron chi connectivity index (χ4n) is 7.61. The molecule has 0 amide bonds. The lowest BCUT2D eigenvalue weighted by atomic mass is 9.95. The first-order valence-electron chi connectivity index (χ1n) is 20.1. The van der Waals surface area contributed by atoms with Crippen molar-refractivity contribution < 1.29 is 0 Å². The van der Waals surface area contributed by atoms with Crippen LogP contribution in [0.3, 0.4) is 0 Å². The molecule has 8 aromatic rings. The summed E-state index contributed by atoms with van der Waals surface area (Å²) in [5, 5.41) is 9.63. The SMILES string of the molecule is CCc1ccccc1C(=N)/C(SC)=C(\N=C(/C)c1cccc(-c2cccc(-c3ccc(-c4ccccc4)cc3)c2)c1)c1cccc(-c2ccc(-c3ccccc3)cc2)c1. The number of nitrogens with one attached hydrogen (secondary N) is 1. The van der Waals surface area contributed by atoms with E-state index in [1.165, 1.54) is 33.4 Å². The summed E-state index contributed by atoms with van der Waals surface area (Å²) in [6.07, 6.45) is 2.90. The molecule has 0 aliphatic carbocycles. The van der Waals surface area contributed by atoms with Crippen molar-refractivity contribution in [2.24, 2.45) is 4.99 Å². The van der Waals surface area contributed by atoms with Gasteiger partial charge in [0.2, 0.25) is 0 Å². The van der Waals surface area contributed by atoms with Gasteiger partial charge >= 0.3 is 0 Å². The summed E-state index contributed by atoms with van der Waals surface area (Å²) in [7, 11) is 0. The van der Waals surface area contributed by atoms with E-state index in [4.69, 9.17) is 4.99 Å². The second kappa shape index (κ2) is 18.2. The lowest BCUT2D eigenvalue weighted by Gasteiger charge is -2.16. The van der Waals surface area contributed by atoms with Crippen molar-refractivity contribution in [1.82, 2.24) is 0 Å². The van der Waals surface area contributed by atoms with Crippen LogP contribution in [0.4, 0.5) is 0 Å². The number of benzene rings is 8. The Morgan fingerprint density at radius 1 is 0.441 bits per heavy atom. The molecule has 8 aromatic carbocycles. The second-order valence-electron chi connectivity index (χ2n) is 14.6. The van der Waals surface area contributed by atoms with Gasteiger partial charge in [0.15, 0.2) is 0 Å². The molecule has 0 spiro atoms. The number of thioether (sulfide) groups is 1. The number of hydrogen-bond donors (Lipinski definition) is 1. The number of rotatable bonds is 12. The van der Waals surface area contributed by atoms with Crippen LogP contribution in [-0.4, -0.2) is 17.7 Å². The highest BCUT2D eigenvalue weighted by molar-refractivity contribution is 8.03. The standard InChI is InChI=1S/C56H46N2S/c1-4-40-16-11-12-27-53(40)54(57)56(59-3)55(52-26-15-23-49(38-52)46-34-30-44(31-35-46)42-19-9-6-10-20-42)58-39(2)47-21-13-24-50(36-47)51-25-14-22-48(37-51)45-32-28-43(29-33-45)41-17-7-5-8-18-41/h5-38,57H,4H2,1-3H3/b56-55+,57-54?,58-39+. The highest BCUT2D eigenvalue weighted by Crippen LogP contribution is 2.35. The zero-order valence-electron chi connectivity index (χ0n) is 33.7. The molecule has 0 unspecified atom stereocenters. The number of aliphatic imine (C=N–C) groups is 1. The molecule has 0 aromatic heterocycles. The lowest BCUT2D eigenvalue weighted by Crippen LogP contribution is -2.08. The summed E-state index contributed by atoms with van der Waals surface area (Å²) in [6.45, 7) is 4.23. The van der Waals surface area contributed by atoms with Gasteiger partial charge in [-0.15, -0.1) is 11.8 Å². The van der Waals surface area contributed by atoms with Crippen LogP contribution in [0.15, 0.2) is 216 Å². The summed E-state index contributed by atoms with van der Waals surface area (Å²) in [5.74, 6) is 0. The molecule has 0 radical (unpaired) electrons. The first kappa shape index (κ1) is 39.0. The van der Waals surface area contributed by atoms with Gasteiger partial charge in [-0.3, -0.25) is 10.4 Å². The molecule has 0 bridgehead atoms. The maximum absolute atomic E-state index is 9.63. The Labute approximate surface area is 353 Å². The first-order chi connectivity index (χ1) is 29.0. The molecule has 8 rings (SSSR count). The highest BCUT2D eigenvalue weighted by Gasteiger charge is 2.19. The van der Waals surface area contributed by atoms with Gasteiger partial charge in [-0.05, 0) is 105 Å². The van der Waals surface area contributed by atoms with Crippen molar-refractivity contribution in [3.05, 3.63) is 233 Å². The molecule has 0 fully saturated rings. The van der Waals surface area contributed by atoms with Crippen LogP contribution >= 0.6 is 11.8 Å². The van der Waals surface area contributed by atoms with Crippen molar-refractivity contribution in [3.8, 4) is 55.6 Å². The van der Waals surface area contributed by atoms with Crippen molar-refractivity contribution in [1.29, 1.82) is 5.41 Å². The fraction of sp³-hybridized carbons (Fsp3) is 0.0714. The fourth-order valence-corrected chi connectivity index (χ4v) is 8.28. The van der Waals surface area contributed by atoms with Crippen LogP contribution in [-0.2, 0) is 6.42 Å². The Bertz CT molecular complexity index is 2780. The van der Waals surface area contributed by atoms with E-state index >= 15 is 0 Å². The smallest absolute Gasteiger partial charge is 0.0863 e. The van der Waals surface area contributed by atoms with Gasteiger partial charge in [0.25, 0.3) is 0 Å². The van der Waals surface area contributed by atoms with Crippen LogP contribution in [0.1, 0.15) is 36.1 Å². The largest absolute Gasteiger partial charge is 0.299 e. The van der Waals surface area contributed by atoms with Crippen LogP contribution in [0.2, 0.25) is 0 Å². The molecule has 0 saturated heterocycles. The maximum atomic E-state index is 9.63. The molecular formula is C56H46N2S. The first-order valence-corrected chi connectivity index (χ1v) is 21.4. The van der Waals surface area contributed by atoms with Crippen molar-refractivity contribution in [3.63, 3.8) is 0 Å². The number of nitrogens with zero attached hydrogens (tertiary/aromatic N) is 1. The van der Waals surface area contributed by atoms with E-state index in [2.05, 4.69) is 214 Å². The zero-order valence-corrected chi connectivity index (χ0v) is 34.5. The summed E-state index contributed by atoms with van der Waals surface area (Å²) in [4.78, 5) is 6.28. The summed E-state index contributed by atoms with van der Waals surface area (Å²) >= 11 is 1.58. The second-order valence-corrected chi connectivity index (χ2v) is 15.4. The zero-order chi connectivity index (χ0) is 40.6. The molecule has 0 aliphatic heterocycles. The lowest BCUT2D eigenvalue weighted by molar-refractivity contribution is 1.13. The monoisotopic (exact) mass is 778 g/mol. The van der Waals surface area contributed by atoms with E-state index in [-0.39, 0.29) is 0 Å². The van der Waals surface area contributed by atoms with E-state index in [1.54, 1.807) is 11.8 Å². The van der Waals surface area contributed by atoms with Crippen LogP contribution in [0, 0.1) is 5.41 Å². The van der Waals surface area contributed by atoms with Gasteiger partial charge in [0.1, 0.15) is 0 Å². The molecule has 1 N–H and O–H groups in total. The van der Waals surface area contributed by atoms with E-state index in [9.17, 15) is 5.41 Å². The van der Waals surface area contributed by atoms with Gasteiger partial charge in [0.05, 0.1) is 16.3 Å². The van der Waals surface area contributed by atoms with Gasteiger partial charge in [-0.1, -0.05) is 195 Å². The van der Waals surface area contributed by atoms with Gasteiger partial charge in [-0.25, -0.2) is 0 Å². The third kappa shape index (κ3) is 8.87. The van der Waals surface area contributed by atoms with Crippen molar-refractivity contribution in [2.45, 2.75) is 20.3 Å². The minimum Gasteiger partial charge on any atom is -0.299 e. The van der Waals surface area contributed by atoms with E-state index < -0.39 is 0 Å². The molecule has 0 saturated carbocycles. The molecule has 2 nitrogen and oxygen atoms in total. The quantitative estimate of drug-likeness (QED) is 0.123. The number of hydrogen-bond acceptors (Lipinski definition) is 3. The van der Waals surface area contributed by atoms with Crippen molar-refractivity contribution >= 4 is 28.9 Å². The Kier molecular flexibility index (Phi) is 12.0. The average molecular weight is 779 g/mol. The Morgan fingerprint density at radius 3 is 1.37 bits per heavy atom. The maximum Gasteiger partial charge on any atom is 0.0863 e. The summed E-state index contributed by atoms with van der Waals surface area (Å²) in [5.41, 5.74) is 17.9. The molecular weight excluding hydrogens is 733 g/mol. The predicted molar refractivity (Wildman–Crippen MR) is 255 cm³/mol. The van der Waals surface area contributed by atoms with Gasteiger partial charge < -0.3 is 0 Å². The number of aryl methyl sites for hydroxylation is 1.